The van der Waals surface area contributed by atoms with Crippen LogP contribution in [0, 0.1) is 11.7 Å². The minimum Gasteiger partial charge on any atom is -0.484 e. The fourth-order valence-corrected chi connectivity index (χ4v) is 3.05. The minimum absolute atomic E-state index is 0.124. The van der Waals surface area contributed by atoms with Crippen LogP contribution in [0.3, 0.4) is 0 Å². The Balaban J connectivity index is 1.51. The topological polar surface area (TPSA) is 87.7 Å². The molecule has 3 rings (SSSR count). The maximum atomic E-state index is 12.9. The highest BCUT2D eigenvalue weighted by molar-refractivity contribution is 6.00. The van der Waals surface area contributed by atoms with Crippen molar-refractivity contribution in [1.82, 2.24) is 5.32 Å². The molecule has 0 bridgehead atoms. The summed E-state index contributed by atoms with van der Waals surface area (Å²) in [6.45, 7) is 4.01. The second kappa shape index (κ2) is 9.69. The van der Waals surface area contributed by atoms with Gasteiger partial charge in [0.25, 0.3) is 5.91 Å². The number of hydrogen-bond acceptors (Lipinski definition) is 4. The molecule has 0 spiro atoms. The molecule has 0 aromatic heterocycles. The lowest BCUT2D eigenvalue weighted by Gasteiger charge is -2.17. The van der Waals surface area contributed by atoms with Gasteiger partial charge in [0, 0.05) is 30.9 Å². The highest BCUT2D eigenvalue weighted by Crippen LogP contribution is 2.27. The van der Waals surface area contributed by atoms with Gasteiger partial charge < -0.3 is 20.3 Å². The fourth-order valence-electron chi connectivity index (χ4n) is 3.05. The first kappa shape index (κ1) is 21.0. The largest absolute Gasteiger partial charge is 0.484 e. The Bertz CT molecular complexity index is 928. The first-order valence-electron chi connectivity index (χ1n) is 9.43. The molecule has 8 heteroatoms. The lowest BCUT2D eigenvalue weighted by molar-refractivity contribution is -0.126. The van der Waals surface area contributed by atoms with Crippen molar-refractivity contribution in [3.05, 3.63) is 67.0 Å². The third-order valence-corrected chi connectivity index (χ3v) is 4.56. The van der Waals surface area contributed by atoms with Crippen molar-refractivity contribution in [3.63, 3.8) is 0 Å². The number of benzene rings is 2. The van der Waals surface area contributed by atoms with Gasteiger partial charge in [0.1, 0.15) is 11.6 Å². The van der Waals surface area contributed by atoms with Gasteiger partial charge in [-0.15, -0.1) is 6.58 Å². The molecule has 1 fully saturated rings. The Labute approximate surface area is 173 Å². The van der Waals surface area contributed by atoms with E-state index in [1.54, 1.807) is 35.2 Å². The summed E-state index contributed by atoms with van der Waals surface area (Å²) in [6.07, 6.45) is 1.75. The van der Waals surface area contributed by atoms with E-state index in [2.05, 4.69) is 17.2 Å². The van der Waals surface area contributed by atoms with Gasteiger partial charge in [-0.2, -0.15) is 0 Å². The van der Waals surface area contributed by atoms with E-state index in [9.17, 15) is 18.8 Å². The van der Waals surface area contributed by atoms with Gasteiger partial charge in [-0.3, -0.25) is 14.4 Å². The summed E-state index contributed by atoms with van der Waals surface area (Å²) >= 11 is 0. The van der Waals surface area contributed by atoms with Crippen LogP contribution in [-0.2, 0) is 14.4 Å². The normalized spacial score (nSPS) is 15.6. The highest BCUT2D eigenvalue weighted by atomic mass is 19.1. The molecule has 2 N–H and O–H groups in total. The van der Waals surface area contributed by atoms with Crippen molar-refractivity contribution in [1.29, 1.82) is 0 Å². The van der Waals surface area contributed by atoms with Crippen LogP contribution >= 0.6 is 0 Å². The molecule has 3 amide bonds. The molecule has 2 aromatic rings. The summed E-state index contributed by atoms with van der Waals surface area (Å²) in [5, 5.41) is 5.31. The lowest BCUT2D eigenvalue weighted by Crippen LogP contribution is -2.32. The van der Waals surface area contributed by atoms with Crippen molar-refractivity contribution < 1.29 is 23.5 Å². The summed E-state index contributed by atoms with van der Waals surface area (Å²) in [6, 6.07) is 12.1. The van der Waals surface area contributed by atoms with Crippen LogP contribution in [0.5, 0.6) is 5.75 Å². The maximum Gasteiger partial charge on any atom is 0.262 e. The van der Waals surface area contributed by atoms with Crippen molar-refractivity contribution in [2.24, 2.45) is 5.92 Å². The maximum absolute atomic E-state index is 12.9. The molecule has 7 nitrogen and oxygen atoms in total. The van der Waals surface area contributed by atoms with Crippen LogP contribution in [0.1, 0.15) is 6.42 Å². The van der Waals surface area contributed by atoms with Crippen LogP contribution in [-0.4, -0.2) is 37.4 Å². The number of hydrogen-bond donors (Lipinski definition) is 2. The van der Waals surface area contributed by atoms with Crippen LogP contribution in [0.2, 0.25) is 0 Å². The number of anilines is 2. The van der Waals surface area contributed by atoms with E-state index in [1.165, 1.54) is 24.3 Å². The zero-order valence-electron chi connectivity index (χ0n) is 16.3. The number of nitrogens with zero attached hydrogens (tertiary/aromatic N) is 1. The zero-order chi connectivity index (χ0) is 21.5. The van der Waals surface area contributed by atoms with Crippen molar-refractivity contribution in [3.8, 4) is 5.75 Å². The third kappa shape index (κ3) is 5.44. The Morgan fingerprint density at radius 1 is 1.17 bits per heavy atom. The first-order chi connectivity index (χ1) is 14.5. The summed E-state index contributed by atoms with van der Waals surface area (Å²) < 4.78 is 18.3. The van der Waals surface area contributed by atoms with Gasteiger partial charge in [-0.1, -0.05) is 6.08 Å². The Kier molecular flexibility index (Phi) is 6.79. The van der Waals surface area contributed by atoms with Gasteiger partial charge in [0.15, 0.2) is 6.61 Å². The van der Waals surface area contributed by atoms with Crippen molar-refractivity contribution >= 4 is 29.1 Å². The van der Waals surface area contributed by atoms with E-state index in [1.807, 2.05) is 0 Å². The standard InChI is InChI=1S/C22H22FN3O4/c1-2-11-24-22(29)15-12-21(28)26(13-15)18-7-9-19(10-8-18)30-14-20(27)25-17-5-3-16(23)4-6-17/h2-10,15H,1,11-14H2,(H,24,29)(H,25,27)/t15-/m1/s1. The zero-order valence-corrected chi connectivity index (χ0v) is 16.3. The molecular weight excluding hydrogens is 389 g/mol. The number of rotatable bonds is 8. The van der Waals surface area contributed by atoms with E-state index in [4.69, 9.17) is 4.74 Å². The molecule has 30 heavy (non-hydrogen) atoms. The molecule has 0 unspecified atom stereocenters. The molecular formula is C22H22FN3O4. The number of halogens is 1. The third-order valence-electron chi connectivity index (χ3n) is 4.56. The highest BCUT2D eigenvalue weighted by Gasteiger charge is 2.34. The molecule has 156 valence electrons. The SMILES string of the molecule is C=CCNC(=O)[C@@H]1CC(=O)N(c2ccc(OCC(=O)Nc3ccc(F)cc3)cc2)C1. The summed E-state index contributed by atoms with van der Waals surface area (Å²) in [5.74, 6) is -0.999. The van der Waals surface area contributed by atoms with Gasteiger partial charge in [0.05, 0.1) is 5.92 Å². The summed E-state index contributed by atoms with van der Waals surface area (Å²) in [5.41, 5.74) is 1.13. The molecule has 1 aliphatic rings. The quantitative estimate of drug-likeness (QED) is 0.654. The molecule has 2 aromatic carbocycles. The van der Waals surface area contributed by atoms with Crippen molar-refractivity contribution in [2.75, 3.05) is 29.9 Å². The van der Waals surface area contributed by atoms with Crippen LogP contribution in [0.15, 0.2) is 61.2 Å². The number of amides is 3. The van der Waals surface area contributed by atoms with Gasteiger partial charge in [-0.25, -0.2) is 4.39 Å². The van der Waals surface area contributed by atoms with Crippen LogP contribution in [0.25, 0.3) is 0 Å². The second-order valence-corrected chi connectivity index (χ2v) is 6.78. The molecule has 1 saturated heterocycles. The number of ether oxygens (including phenoxy) is 1. The predicted molar refractivity (Wildman–Crippen MR) is 111 cm³/mol. The van der Waals surface area contributed by atoms with E-state index in [0.717, 1.165) is 0 Å². The van der Waals surface area contributed by atoms with E-state index in [0.29, 0.717) is 30.2 Å². The smallest absolute Gasteiger partial charge is 0.262 e. The minimum atomic E-state index is -0.400. The van der Waals surface area contributed by atoms with Gasteiger partial charge >= 0.3 is 0 Å². The fraction of sp³-hybridized carbons (Fsp3) is 0.227. The molecule has 1 atom stereocenters. The number of carbonyl (C=O) groups is 3. The molecule has 1 aliphatic heterocycles. The van der Waals surface area contributed by atoms with Crippen LogP contribution in [0.4, 0.5) is 15.8 Å². The average molecular weight is 411 g/mol. The van der Waals surface area contributed by atoms with E-state index in [-0.39, 0.29) is 36.6 Å². The van der Waals surface area contributed by atoms with Gasteiger partial charge in [-0.05, 0) is 48.5 Å². The summed E-state index contributed by atoms with van der Waals surface area (Å²) in [4.78, 5) is 37.8. The molecule has 0 saturated carbocycles. The number of carbonyl (C=O) groups excluding carboxylic acids is 3. The lowest BCUT2D eigenvalue weighted by atomic mass is 10.1. The van der Waals surface area contributed by atoms with Crippen molar-refractivity contribution in [2.45, 2.75) is 6.42 Å². The Morgan fingerprint density at radius 2 is 1.87 bits per heavy atom. The molecule has 0 radical (unpaired) electrons. The Hall–Kier alpha value is -3.68. The Morgan fingerprint density at radius 3 is 2.53 bits per heavy atom. The van der Waals surface area contributed by atoms with Crippen LogP contribution < -0.4 is 20.3 Å². The number of nitrogens with one attached hydrogen (secondary N) is 2. The summed E-state index contributed by atoms with van der Waals surface area (Å²) in [7, 11) is 0. The predicted octanol–water partition coefficient (Wildman–Crippen LogP) is 2.50. The second-order valence-electron chi connectivity index (χ2n) is 6.78. The molecule has 0 aliphatic carbocycles. The van der Waals surface area contributed by atoms with Gasteiger partial charge in [0.2, 0.25) is 11.8 Å². The first-order valence-corrected chi connectivity index (χ1v) is 9.43. The van der Waals surface area contributed by atoms with E-state index < -0.39 is 5.92 Å². The monoisotopic (exact) mass is 411 g/mol. The average Bonchev–Trinajstić information content (AvgIpc) is 3.14. The van der Waals surface area contributed by atoms with E-state index >= 15 is 0 Å². The molecule has 1 heterocycles.